The fourth-order valence-electron chi connectivity index (χ4n) is 3.09. The van der Waals surface area contributed by atoms with Gasteiger partial charge in [0.2, 0.25) is 10.0 Å². The summed E-state index contributed by atoms with van der Waals surface area (Å²) in [5, 5.41) is 2.76. The molecule has 1 heterocycles. The van der Waals surface area contributed by atoms with E-state index in [-0.39, 0.29) is 23.4 Å². The maximum atomic E-state index is 12.9. The molecule has 2 aromatic carbocycles. The van der Waals surface area contributed by atoms with Crippen LogP contribution in [0.2, 0.25) is 0 Å². The van der Waals surface area contributed by atoms with Gasteiger partial charge in [0.05, 0.1) is 4.90 Å². The smallest absolute Gasteiger partial charge is 0.251 e. The van der Waals surface area contributed by atoms with Gasteiger partial charge in [-0.15, -0.1) is 0 Å². The van der Waals surface area contributed by atoms with Gasteiger partial charge in [-0.2, -0.15) is 4.31 Å². The van der Waals surface area contributed by atoms with E-state index in [0.29, 0.717) is 18.5 Å². The zero-order valence-electron chi connectivity index (χ0n) is 14.5. The Morgan fingerprint density at radius 2 is 1.81 bits per heavy atom. The van der Waals surface area contributed by atoms with Crippen LogP contribution in [0.25, 0.3) is 0 Å². The first-order chi connectivity index (χ1) is 12.4. The standard InChI is InChI=1S/C19H21FN2O3S/c1-14-4-10-18(11-5-14)26(24,25)22-12-2-3-17(22)13-21-19(23)15-6-8-16(20)9-7-15/h4-11,17H,2-3,12-13H2,1H3,(H,21,23)/t17-/m1/s1. The highest BCUT2D eigenvalue weighted by atomic mass is 32.2. The van der Waals surface area contributed by atoms with Crippen molar-refractivity contribution in [3.63, 3.8) is 0 Å². The number of carbonyl (C=O) groups excluding carboxylic acids is 1. The third-order valence-electron chi connectivity index (χ3n) is 4.56. The molecule has 3 rings (SSSR count). The first kappa shape index (κ1) is 18.5. The minimum atomic E-state index is -3.59. The second-order valence-electron chi connectivity index (χ2n) is 6.44. The van der Waals surface area contributed by atoms with Crippen molar-refractivity contribution in [2.45, 2.75) is 30.7 Å². The van der Waals surface area contributed by atoms with E-state index in [2.05, 4.69) is 5.32 Å². The Morgan fingerprint density at radius 3 is 2.46 bits per heavy atom. The summed E-state index contributed by atoms with van der Waals surface area (Å²) in [6.07, 6.45) is 1.44. The molecule has 2 aromatic rings. The van der Waals surface area contributed by atoms with Crippen LogP contribution in [0.3, 0.4) is 0 Å². The van der Waals surface area contributed by atoms with Gasteiger partial charge < -0.3 is 5.32 Å². The molecular weight excluding hydrogens is 355 g/mol. The Kier molecular flexibility index (Phi) is 5.38. The highest BCUT2D eigenvalue weighted by Gasteiger charge is 2.35. The normalized spacial score (nSPS) is 18.0. The molecule has 0 spiro atoms. The van der Waals surface area contributed by atoms with Gasteiger partial charge in [-0.25, -0.2) is 12.8 Å². The first-order valence-corrected chi connectivity index (χ1v) is 9.94. The van der Waals surface area contributed by atoms with Crippen molar-refractivity contribution >= 4 is 15.9 Å². The molecule has 5 nitrogen and oxygen atoms in total. The lowest BCUT2D eigenvalue weighted by atomic mass is 10.2. The van der Waals surface area contributed by atoms with Crippen molar-refractivity contribution in [1.82, 2.24) is 9.62 Å². The highest BCUT2D eigenvalue weighted by molar-refractivity contribution is 7.89. The van der Waals surface area contributed by atoms with Crippen LogP contribution in [0.5, 0.6) is 0 Å². The Bertz CT molecular complexity index is 880. The molecule has 138 valence electrons. The number of aryl methyl sites for hydroxylation is 1. The molecule has 1 aliphatic heterocycles. The fraction of sp³-hybridized carbons (Fsp3) is 0.316. The topological polar surface area (TPSA) is 66.5 Å². The third-order valence-corrected chi connectivity index (χ3v) is 6.52. The van der Waals surface area contributed by atoms with Crippen LogP contribution in [0, 0.1) is 12.7 Å². The lowest BCUT2D eigenvalue weighted by Gasteiger charge is -2.24. The lowest BCUT2D eigenvalue weighted by Crippen LogP contribution is -2.43. The largest absolute Gasteiger partial charge is 0.350 e. The second kappa shape index (κ2) is 7.55. The third kappa shape index (κ3) is 3.94. The number of amides is 1. The SMILES string of the molecule is Cc1ccc(S(=O)(=O)N2CCC[C@@H]2CNC(=O)c2ccc(F)cc2)cc1. The average Bonchev–Trinajstić information content (AvgIpc) is 3.10. The number of nitrogens with zero attached hydrogens (tertiary/aromatic N) is 1. The Balaban J connectivity index is 1.69. The van der Waals surface area contributed by atoms with Crippen molar-refractivity contribution in [3.05, 3.63) is 65.5 Å². The van der Waals surface area contributed by atoms with E-state index in [9.17, 15) is 17.6 Å². The number of carbonyl (C=O) groups is 1. The molecule has 0 radical (unpaired) electrons. The molecule has 0 bridgehead atoms. The van der Waals surface area contributed by atoms with Crippen LogP contribution in [0.15, 0.2) is 53.4 Å². The Hall–Kier alpha value is -2.25. The summed E-state index contributed by atoms with van der Waals surface area (Å²) >= 11 is 0. The van der Waals surface area contributed by atoms with E-state index in [0.717, 1.165) is 12.0 Å². The number of hydrogen-bond donors (Lipinski definition) is 1. The molecule has 0 aromatic heterocycles. The van der Waals surface area contributed by atoms with Crippen molar-refractivity contribution in [1.29, 1.82) is 0 Å². The molecule has 1 fully saturated rings. The summed E-state index contributed by atoms with van der Waals surface area (Å²) < 4.78 is 40.2. The van der Waals surface area contributed by atoms with Crippen molar-refractivity contribution < 1.29 is 17.6 Å². The van der Waals surface area contributed by atoms with E-state index in [1.54, 1.807) is 24.3 Å². The summed E-state index contributed by atoms with van der Waals surface area (Å²) in [5.41, 5.74) is 1.34. The van der Waals surface area contributed by atoms with E-state index in [4.69, 9.17) is 0 Å². The molecular formula is C19H21FN2O3S. The van der Waals surface area contributed by atoms with Crippen LogP contribution in [0.4, 0.5) is 4.39 Å². The molecule has 1 aliphatic rings. The second-order valence-corrected chi connectivity index (χ2v) is 8.33. The zero-order valence-corrected chi connectivity index (χ0v) is 15.3. The van der Waals surface area contributed by atoms with Crippen LogP contribution in [-0.4, -0.2) is 37.8 Å². The van der Waals surface area contributed by atoms with Crippen LogP contribution >= 0.6 is 0 Å². The average molecular weight is 376 g/mol. The van der Waals surface area contributed by atoms with Gasteiger partial charge >= 0.3 is 0 Å². The molecule has 0 unspecified atom stereocenters. The molecule has 0 saturated carbocycles. The van der Waals surface area contributed by atoms with Gasteiger partial charge in [-0.05, 0) is 56.2 Å². The quantitative estimate of drug-likeness (QED) is 0.873. The summed E-state index contributed by atoms with van der Waals surface area (Å²) in [6.45, 7) is 2.56. The minimum Gasteiger partial charge on any atom is -0.350 e. The van der Waals surface area contributed by atoms with Crippen molar-refractivity contribution in [2.24, 2.45) is 0 Å². The number of hydrogen-bond acceptors (Lipinski definition) is 3. The number of rotatable bonds is 5. The van der Waals surface area contributed by atoms with Gasteiger partial charge in [0.15, 0.2) is 0 Å². The summed E-state index contributed by atoms with van der Waals surface area (Å²) in [5.74, 6) is -0.753. The number of halogens is 1. The maximum absolute atomic E-state index is 12.9. The molecule has 0 aliphatic carbocycles. The van der Waals surface area contributed by atoms with Crippen molar-refractivity contribution in [3.8, 4) is 0 Å². The monoisotopic (exact) mass is 376 g/mol. The summed E-state index contributed by atoms with van der Waals surface area (Å²) in [4.78, 5) is 12.4. The number of nitrogens with one attached hydrogen (secondary N) is 1. The molecule has 1 atom stereocenters. The van der Waals surface area contributed by atoms with Gasteiger partial charge in [0.25, 0.3) is 5.91 Å². The molecule has 1 saturated heterocycles. The van der Waals surface area contributed by atoms with Crippen LogP contribution in [-0.2, 0) is 10.0 Å². The highest BCUT2D eigenvalue weighted by Crippen LogP contribution is 2.26. The predicted molar refractivity (Wildman–Crippen MR) is 96.8 cm³/mol. The van der Waals surface area contributed by atoms with E-state index < -0.39 is 15.8 Å². The van der Waals surface area contributed by atoms with Crippen LogP contribution < -0.4 is 5.32 Å². The molecule has 26 heavy (non-hydrogen) atoms. The van der Waals surface area contributed by atoms with Gasteiger partial charge in [0.1, 0.15) is 5.82 Å². The molecule has 7 heteroatoms. The molecule has 1 amide bonds. The number of sulfonamides is 1. The molecule has 1 N–H and O–H groups in total. The van der Waals surface area contributed by atoms with Gasteiger partial charge in [-0.1, -0.05) is 17.7 Å². The Morgan fingerprint density at radius 1 is 1.15 bits per heavy atom. The Labute approximate surface area is 152 Å². The van der Waals surface area contributed by atoms with E-state index in [1.165, 1.54) is 28.6 Å². The summed E-state index contributed by atoms with van der Waals surface area (Å²) in [7, 11) is -3.59. The zero-order chi connectivity index (χ0) is 18.7. The van der Waals surface area contributed by atoms with E-state index >= 15 is 0 Å². The minimum absolute atomic E-state index is 0.224. The van der Waals surface area contributed by atoms with Gasteiger partial charge in [0, 0.05) is 24.7 Å². The van der Waals surface area contributed by atoms with Gasteiger partial charge in [-0.3, -0.25) is 4.79 Å². The fourth-order valence-corrected chi connectivity index (χ4v) is 4.78. The predicted octanol–water partition coefficient (Wildman–Crippen LogP) is 2.72. The first-order valence-electron chi connectivity index (χ1n) is 8.50. The maximum Gasteiger partial charge on any atom is 0.251 e. The van der Waals surface area contributed by atoms with Crippen molar-refractivity contribution in [2.75, 3.05) is 13.1 Å². The summed E-state index contributed by atoms with van der Waals surface area (Å²) in [6, 6.07) is 11.7. The van der Waals surface area contributed by atoms with E-state index in [1.807, 2.05) is 6.92 Å². The number of benzene rings is 2. The lowest BCUT2D eigenvalue weighted by molar-refractivity contribution is 0.0946. The van der Waals surface area contributed by atoms with Crippen LogP contribution in [0.1, 0.15) is 28.8 Å².